The highest BCUT2D eigenvalue weighted by Gasteiger charge is 2.17. The van der Waals surface area contributed by atoms with Gasteiger partial charge in [-0.25, -0.2) is 0 Å². The first-order valence-corrected chi connectivity index (χ1v) is 6.72. The molecule has 1 amide bonds. The summed E-state index contributed by atoms with van der Waals surface area (Å²) in [5, 5.41) is 8.34. The number of hydrogen-bond acceptors (Lipinski definition) is 3. The van der Waals surface area contributed by atoms with Crippen LogP contribution >= 0.6 is 11.3 Å². The highest BCUT2D eigenvalue weighted by Crippen LogP contribution is 2.12. The standard InChI is InChI=1S/C12H18N2OS/c15-12(8-10-3-5-13-9-10)14-6-4-11-2-1-7-16-11/h1-2,7,10,13H,3-6,8-9H2,(H,14,15). The monoisotopic (exact) mass is 238 g/mol. The van der Waals surface area contributed by atoms with Crippen LogP contribution in [0.2, 0.25) is 0 Å². The first-order valence-electron chi connectivity index (χ1n) is 5.84. The van der Waals surface area contributed by atoms with Crippen molar-refractivity contribution in [1.29, 1.82) is 0 Å². The van der Waals surface area contributed by atoms with E-state index in [1.165, 1.54) is 4.88 Å². The molecule has 0 aromatic carbocycles. The lowest BCUT2D eigenvalue weighted by atomic mass is 10.0. The third kappa shape index (κ3) is 3.61. The topological polar surface area (TPSA) is 41.1 Å². The number of nitrogens with one attached hydrogen (secondary N) is 2. The third-order valence-electron chi connectivity index (χ3n) is 2.91. The van der Waals surface area contributed by atoms with Gasteiger partial charge < -0.3 is 10.6 Å². The van der Waals surface area contributed by atoms with Crippen molar-refractivity contribution in [3.05, 3.63) is 22.4 Å². The molecule has 0 radical (unpaired) electrons. The molecule has 1 aromatic rings. The molecule has 2 N–H and O–H groups in total. The van der Waals surface area contributed by atoms with Crippen molar-refractivity contribution < 1.29 is 4.79 Å². The molecule has 0 spiro atoms. The van der Waals surface area contributed by atoms with Crippen molar-refractivity contribution in [1.82, 2.24) is 10.6 Å². The van der Waals surface area contributed by atoms with E-state index in [0.717, 1.165) is 32.5 Å². The summed E-state index contributed by atoms with van der Waals surface area (Å²) in [5.41, 5.74) is 0. The lowest BCUT2D eigenvalue weighted by molar-refractivity contribution is -0.121. The van der Waals surface area contributed by atoms with Crippen LogP contribution in [0.1, 0.15) is 17.7 Å². The minimum Gasteiger partial charge on any atom is -0.356 e. The summed E-state index contributed by atoms with van der Waals surface area (Å²) < 4.78 is 0. The fourth-order valence-electron chi connectivity index (χ4n) is 2.00. The predicted molar refractivity (Wildman–Crippen MR) is 66.6 cm³/mol. The quantitative estimate of drug-likeness (QED) is 0.814. The van der Waals surface area contributed by atoms with Crippen LogP contribution in [0, 0.1) is 5.92 Å². The minimum atomic E-state index is 0.199. The average Bonchev–Trinajstić information content (AvgIpc) is 2.90. The van der Waals surface area contributed by atoms with Crippen LogP contribution in [0.25, 0.3) is 0 Å². The van der Waals surface area contributed by atoms with Crippen molar-refractivity contribution in [2.24, 2.45) is 5.92 Å². The number of rotatable bonds is 5. The van der Waals surface area contributed by atoms with Gasteiger partial charge in [0, 0.05) is 17.8 Å². The van der Waals surface area contributed by atoms with Gasteiger partial charge in [-0.15, -0.1) is 11.3 Å². The second-order valence-corrected chi connectivity index (χ2v) is 5.27. The number of carbonyl (C=O) groups is 1. The molecule has 88 valence electrons. The summed E-state index contributed by atoms with van der Waals surface area (Å²) in [6, 6.07) is 4.16. The van der Waals surface area contributed by atoms with Gasteiger partial charge in [-0.2, -0.15) is 0 Å². The molecule has 4 heteroatoms. The van der Waals surface area contributed by atoms with Crippen molar-refractivity contribution in [3.63, 3.8) is 0 Å². The largest absolute Gasteiger partial charge is 0.356 e. The van der Waals surface area contributed by atoms with Gasteiger partial charge in [0.1, 0.15) is 0 Å². The Bertz CT molecular complexity index is 318. The van der Waals surface area contributed by atoms with E-state index >= 15 is 0 Å². The van der Waals surface area contributed by atoms with Crippen LogP contribution in [0.3, 0.4) is 0 Å². The smallest absolute Gasteiger partial charge is 0.220 e. The second-order valence-electron chi connectivity index (χ2n) is 4.24. The van der Waals surface area contributed by atoms with E-state index in [-0.39, 0.29) is 5.91 Å². The van der Waals surface area contributed by atoms with Gasteiger partial charge >= 0.3 is 0 Å². The molecule has 16 heavy (non-hydrogen) atoms. The summed E-state index contributed by atoms with van der Waals surface area (Å²) in [6.07, 6.45) is 2.77. The fraction of sp³-hybridized carbons (Fsp3) is 0.583. The maximum absolute atomic E-state index is 11.6. The van der Waals surface area contributed by atoms with Crippen LogP contribution in [-0.4, -0.2) is 25.5 Å². The Morgan fingerprint density at radius 2 is 2.56 bits per heavy atom. The number of carbonyl (C=O) groups excluding carboxylic acids is 1. The van der Waals surface area contributed by atoms with E-state index in [0.29, 0.717) is 12.3 Å². The van der Waals surface area contributed by atoms with Gasteiger partial charge in [0.05, 0.1) is 0 Å². The molecule has 1 aromatic heterocycles. The van der Waals surface area contributed by atoms with E-state index in [1.807, 2.05) is 6.07 Å². The zero-order valence-corrected chi connectivity index (χ0v) is 10.2. The maximum atomic E-state index is 11.6. The number of thiophene rings is 1. The Morgan fingerprint density at radius 3 is 3.25 bits per heavy atom. The summed E-state index contributed by atoms with van der Waals surface area (Å²) >= 11 is 1.75. The molecule has 0 bridgehead atoms. The van der Waals surface area contributed by atoms with Crippen molar-refractivity contribution in [2.75, 3.05) is 19.6 Å². The van der Waals surface area contributed by atoms with E-state index in [2.05, 4.69) is 22.1 Å². The highest BCUT2D eigenvalue weighted by atomic mass is 32.1. The molecule has 2 rings (SSSR count). The Kier molecular flexibility index (Phi) is 4.36. The van der Waals surface area contributed by atoms with Crippen molar-refractivity contribution >= 4 is 17.2 Å². The Morgan fingerprint density at radius 1 is 1.62 bits per heavy atom. The molecule has 1 aliphatic heterocycles. The highest BCUT2D eigenvalue weighted by molar-refractivity contribution is 7.09. The lowest BCUT2D eigenvalue weighted by Crippen LogP contribution is -2.28. The molecular formula is C12H18N2OS. The zero-order chi connectivity index (χ0) is 11.2. The summed E-state index contributed by atoms with van der Waals surface area (Å²) in [6.45, 7) is 2.82. The molecule has 1 aliphatic rings. The minimum absolute atomic E-state index is 0.199. The molecule has 0 saturated carbocycles. The maximum Gasteiger partial charge on any atom is 0.220 e. The van der Waals surface area contributed by atoms with E-state index in [1.54, 1.807) is 11.3 Å². The Hall–Kier alpha value is -0.870. The SMILES string of the molecule is O=C(CC1CCNC1)NCCc1cccs1. The van der Waals surface area contributed by atoms with Gasteiger partial charge in [0.15, 0.2) is 0 Å². The summed E-state index contributed by atoms with van der Waals surface area (Å²) in [4.78, 5) is 12.9. The molecule has 3 nitrogen and oxygen atoms in total. The van der Waals surface area contributed by atoms with Crippen LogP contribution < -0.4 is 10.6 Å². The molecule has 1 saturated heterocycles. The predicted octanol–water partition coefficient (Wildman–Crippen LogP) is 1.41. The normalized spacial score (nSPS) is 19.9. The third-order valence-corrected chi connectivity index (χ3v) is 3.85. The molecule has 0 aliphatic carbocycles. The van der Waals surface area contributed by atoms with Crippen LogP contribution in [0.5, 0.6) is 0 Å². The van der Waals surface area contributed by atoms with Gasteiger partial charge in [-0.3, -0.25) is 4.79 Å². The molecule has 1 unspecified atom stereocenters. The summed E-state index contributed by atoms with van der Waals surface area (Å²) in [7, 11) is 0. The Balaban J connectivity index is 1.60. The molecule has 1 fully saturated rings. The average molecular weight is 238 g/mol. The molecule has 2 heterocycles. The first kappa shape index (κ1) is 11.6. The van der Waals surface area contributed by atoms with E-state index < -0.39 is 0 Å². The van der Waals surface area contributed by atoms with E-state index in [9.17, 15) is 4.79 Å². The molecular weight excluding hydrogens is 220 g/mol. The Labute approximate surface area is 100 Å². The molecule has 1 atom stereocenters. The zero-order valence-electron chi connectivity index (χ0n) is 9.37. The van der Waals surface area contributed by atoms with E-state index in [4.69, 9.17) is 0 Å². The lowest BCUT2D eigenvalue weighted by Gasteiger charge is -2.08. The first-order chi connectivity index (χ1) is 7.84. The number of amides is 1. The van der Waals surface area contributed by atoms with Crippen LogP contribution in [0.4, 0.5) is 0 Å². The van der Waals surface area contributed by atoms with Gasteiger partial charge in [0.25, 0.3) is 0 Å². The van der Waals surface area contributed by atoms with Gasteiger partial charge in [0.2, 0.25) is 5.91 Å². The number of hydrogen-bond donors (Lipinski definition) is 2. The van der Waals surface area contributed by atoms with Crippen LogP contribution in [0.15, 0.2) is 17.5 Å². The van der Waals surface area contributed by atoms with Crippen LogP contribution in [-0.2, 0) is 11.2 Å². The second kappa shape index (κ2) is 6.01. The van der Waals surface area contributed by atoms with Gasteiger partial charge in [-0.05, 0) is 43.3 Å². The summed E-state index contributed by atoms with van der Waals surface area (Å²) in [5.74, 6) is 0.743. The fourth-order valence-corrected chi connectivity index (χ4v) is 2.71. The van der Waals surface area contributed by atoms with Gasteiger partial charge in [-0.1, -0.05) is 6.07 Å². The van der Waals surface area contributed by atoms with Crippen molar-refractivity contribution in [3.8, 4) is 0 Å². The van der Waals surface area contributed by atoms with Crippen molar-refractivity contribution in [2.45, 2.75) is 19.3 Å².